The van der Waals surface area contributed by atoms with Crippen molar-refractivity contribution in [3.63, 3.8) is 0 Å². The monoisotopic (exact) mass is 459 g/mol. The van der Waals surface area contributed by atoms with Gasteiger partial charge in [-0.15, -0.1) is 0 Å². The van der Waals surface area contributed by atoms with Crippen molar-refractivity contribution in [2.24, 2.45) is 0 Å². The van der Waals surface area contributed by atoms with Crippen LogP contribution in [0.5, 0.6) is 0 Å². The Balaban J connectivity index is 1.37. The molecule has 0 spiro atoms. The van der Waals surface area contributed by atoms with Gasteiger partial charge in [-0.3, -0.25) is 9.59 Å². The lowest BCUT2D eigenvalue weighted by Crippen LogP contribution is -2.29. The normalized spacial score (nSPS) is 13.8. The number of fused-ring (bicyclic) bond motifs is 2. The first-order valence-electron chi connectivity index (χ1n) is 10.5. The van der Waals surface area contributed by atoms with Crippen molar-refractivity contribution < 1.29 is 18.0 Å². The Labute approximate surface area is 190 Å². The molecule has 166 valence electrons. The average molecular weight is 460 g/mol. The maximum absolute atomic E-state index is 13.1. The van der Waals surface area contributed by atoms with Gasteiger partial charge in [0, 0.05) is 35.9 Å². The second-order valence-electron chi connectivity index (χ2n) is 7.98. The summed E-state index contributed by atoms with van der Waals surface area (Å²) in [5, 5.41) is 4.16. The lowest BCUT2D eigenvalue weighted by molar-refractivity contribution is 0.0975. The van der Waals surface area contributed by atoms with Crippen LogP contribution in [0.1, 0.15) is 32.0 Å². The van der Waals surface area contributed by atoms with Gasteiger partial charge in [-0.2, -0.15) is 0 Å². The fourth-order valence-electron chi connectivity index (χ4n) is 4.07. The molecule has 5 rings (SSSR count). The quantitative estimate of drug-likeness (QED) is 0.459. The minimum absolute atomic E-state index is 0.0541. The minimum atomic E-state index is -4.00. The number of allylic oxidation sites excluding steroid dienone is 2. The number of aromatic nitrogens is 2. The highest BCUT2D eigenvalue weighted by Crippen LogP contribution is 2.26. The van der Waals surface area contributed by atoms with E-state index >= 15 is 0 Å². The van der Waals surface area contributed by atoms with Gasteiger partial charge in [0.1, 0.15) is 5.69 Å². The summed E-state index contributed by atoms with van der Waals surface area (Å²) < 4.78 is 27.1. The fraction of sp³-hybridized carbons (Fsp3) is 0.120. The Hall–Kier alpha value is -3.91. The van der Waals surface area contributed by atoms with Crippen molar-refractivity contribution in [3.8, 4) is 0 Å². The number of aryl methyl sites for hydroxylation is 1. The van der Waals surface area contributed by atoms with Crippen LogP contribution in [-0.2, 0) is 16.4 Å². The van der Waals surface area contributed by atoms with E-state index in [0.29, 0.717) is 13.0 Å². The molecule has 2 N–H and O–H groups in total. The van der Waals surface area contributed by atoms with Crippen molar-refractivity contribution in [3.05, 3.63) is 101 Å². The number of nitrogens with one attached hydrogen (secondary N) is 2. The van der Waals surface area contributed by atoms with E-state index in [1.165, 1.54) is 30.5 Å². The smallest absolute Gasteiger partial charge is 0.268 e. The summed E-state index contributed by atoms with van der Waals surface area (Å²) in [7, 11) is -4.00. The molecule has 0 atom stereocenters. The van der Waals surface area contributed by atoms with Crippen molar-refractivity contribution in [2.75, 3.05) is 6.54 Å². The van der Waals surface area contributed by atoms with Gasteiger partial charge >= 0.3 is 0 Å². The maximum Gasteiger partial charge on any atom is 0.268 e. The number of Topliss-reactive ketones (excluding diaryl/α,β-unsaturated/α-hetero) is 1. The van der Waals surface area contributed by atoms with Crippen molar-refractivity contribution in [2.45, 2.75) is 18.2 Å². The number of hydrogen-bond donors (Lipinski definition) is 2. The number of aromatic amines is 1. The standard InChI is InChI=1S/C25H21N3O4S/c1-16-6-8-18(9-7-16)33(31,32)28-13-11-20-24(28)23(29)14-22(25(20)30)26-12-10-17-15-27-21-5-3-2-4-19(17)21/h2-9,11,13-15,26-27H,10,12H2,1H3. The Bertz CT molecular complexity index is 1540. The van der Waals surface area contributed by atoms with Crippen molar-refractivity contribution in [1.82, 2.24) is 14.3 Å². The van der Waals surface area contributed by atoms with E-state index in [0.717, 1.165) is 26.0 Å². The van der Waals surface area contributed by atoms with Crippen LogP contribution in [0.4, 0.5) is 0 Å². The van der Waals surface area contributed by atoms with E-state index in [1.807, 2.05) is 37.4 Å². The SMILES string of the molecule is Cc1ccc(S(=O)(=O)n2ccc3c2C(=O)C=C(NCCc2c[nH]c4ccccc24)C3=O)cc1. The number of rotatable bonds is 6. The number of H-pyrrole nitrogens is 1. The highest BCUT2D eigenvalue weighted by Gasteiger charge is 2.33. The summed E-state index contributed by atoms with van der Waals surface area (Å²) in [4.78, 5) is 29.1. The number of carbonyl (C=O) groups is 2. The number of benzene rings is 2. The van der Waals surface area contributed by atoms with Crippen LogP contribution in [0.25, 0.3) is 10.9 Å². The Kier molecular flexibility index (Phi) is 5.02. The number of carbonyl (C=O) groups excluding carboxylic acids is 2. The Morgan fingerprint density at radius 1 is 1.00 bits per heavy atom. The molecule has 1 aliphatic carbocycles. The second kappa shape index (κ2) is 7.90. The number of hydrogen-bond acceptors (Lipinski definition) is 5. The van der Waals surface area contributed by atoms with Crippen LogP contribution in [0.15, 0.2) is 83.7 Å². The molecule has 0 fully saturated rings. The molecule has 0 saturated heterocycles. The highest BCUT2D eigenvalue weighted by molar-refractivity contribution is 7.90. The summed E-state index contributed by atoms with van der Waals surface area (Å²) >= 11 is 0. The van der Waals surface area contributed by atoms with Crippen molar-refractivity contribution >= 4 is 32.5 Å². The summed E-state index contributed by atoms with van der Waals surface area (Å²) in [6.45, 7) is 2.30. The van der Waals surface area contributed by atoms with Gasteiger partial charge in [0.15, 0.2) is 0 Å². The number of para-hydroxylation sites is 1. The molecule has 0 amide bonds. The number of ketones is 2. The minimum Gasteiger partial charge on any atom is -0.381 e. The molecule has 33 heavy (non-hydrogen) atoms. The highest BCUT2D eigenvalue weighted by atomic mass is 32.2. The third kappa shape index (κ3) is 3.58. The molecule has 0 saturated carbocycles. The van der Waals surface area contributed by atoms with E-state index in [-0.39, 0.29) is 21.8 Å². The topological polar surface area (TPSA) is 101 Å². The first-order chi connectivity index (χ1) is 15.9. The first kappa shape index (κ1) is 21.0. The molecule has 7 nitrogen and oxygen atoms in total. The van der Waals surface area contributed by atoms with Crippen LogP contribution in [0, 0.1) is 6.92 Å². The van der Waals surface area contributed by atoms with Crippen LogP contribution < -0.4 is 5.32 Å². The van der Waals surface area contributed by atoms with E-state index in [4.69, 9.17) is 0 Å². The molecule has 8 heteroatoms. The summed E-state index contributed by atoms with van der Waals surface area (Å²) in [6.07, 6.45) is 5.03. The summed E-state index contributed by atoms with van der Waals surface area (Å²) in [5.41, 5.74) is 3.16. The Morgan fingerprint density at radius 2 is 1.76 bits per heavy atom. The largest absolute Gasteiger partial charge is 0.381 e. The third-order valence-corrected chi connectivity index (χ3v) is 7.50. The van der Waals surface area contributed by atoms with E-state index < -0.39 is 21.6 Å². The molecule has 4 aromatic rings. The van der Waals surface area contributed by atoms with Crippen LogP contribution in [-0.4, -0.2) is 35.5 Å². The Morgan fingerprint density at radius 3 is 2.55 bits per heavy atom. The zero-order valence-electron chi connectivity index (χ0n) is 17.8. The molecule has 2 aromatic carbocycles. The van der Waals surface area contributed by atoms with E-state index in [2.05, 4.69) is 10.3 Å². The molecule has 0 bridgehead atoms. The van der Waals surface area contributed by atoms with Crippen LogP contribution in [0.2, 0.25) is 0 Å². The first-order valence-corrected chi connectivity index (χ1v) is 11.9. The fourth-order valence-corrected chi connectivity index (χ4v) is 5.43. The average Bonchev–Trinajstić information content (AvgIpc) is 3.43. The van der Waals surface area contributed by atoms with Gasteiger partial charge < -0.3 is 10.3 Å². The summed E-state index contributed by atoms with van der Waals surface area (Å²) in [6, 6.07) is 15.7. The zero-order valence-corrected chi connectivity index (χ0v) is 18.6. The molecular weight excluding hydrogens is 438 g/mol. The van der Waals surface area contributed by atoms with Gasteiger partial charge in [-0.25, -0.2) is 12.4 Å². The number of nitrogens with zero attached hydrogens (tertiary/aromatic N) is 1. The summed E-state index contributed by atoms with van der Waals surface area (Å²) in [5.74, 6) is -0.929. The third-order valence-electron chi connectivity index (χ3n) is 5.81. The van der Waals surface area contributed by atoms with Crippen LogP contribution in [0.3, 0.4) is 0 Å². The maximum atomic E-state index is 13.1. The second-order valence-corrected chi connectivity index (χ2v) is 9.79. The predicted octanol–water partition coefficient (Wildman–Crippen LogP) is 3.61. The predicted molar refractivity (Wildman–Crippen MR) is 125 cm³/mol. The van der Waals surface area contributed by atoms with Crippen LogP contribution >= 0.6 is 0 Å². The van der Waals surface area contributed by atoms with Gasteiger partial charge in [-0.1, -0.05) is 35.9 Å². The molecule has 2 aromatic heterocycles. The molecule has 0 aliphatic heterocycles. The van der Waals surface area contributed by atoms with E-state index in [1.54, 1.807) is 12.1 Å². The lowest BCUT2D eigenvalue weighted by Gasteiger charge is -2.16. The molecule has 0 radical (unpaired) electrons. The molecular formula is C25H21N3O4S. The van der Waals surface area contributed by atoms with Gasteiger partial charge in [0.05, 0.1) is 16.2 Å². The molecule has 2 heterocycles. The lowest BCUT2D eigenvalue weighted by atomic mass is 9.99. The van der Waals surface area contributed by atoms with Gasteiger partial charge in [0.2, 0.25) is 11.6 Å². The molecule has 1 aliphatic rings. The van der Waals surface area contributed by atoms with E-state index in [9.17, 15) is 18.0 Å². The zero-order chi connectivity index (χ0) is 23.2. The van der Waals surface area contributed by atoms with Gasteiger partial charge in [0.25, 0.3) is 10.0 Å². The van der Waals surface area contributed by atoms with Gasteiger partial charge in [-0.05, 0) is 43.2 Å². The van der Waals surface area contributed by atoms with Crippen molar-refractivity contribution in [1.29, 1.82) is 0 Å². The molecule has 0 unspecified atom stereocenters.